The number of benzene rings is 2. The molecule has 52 heavy (non-hydrogen) atoms. The Hall–Kier alpha value is -3.94. The van der Waals surface area contributed by atoms with Crippen molar-refractivity contribution in [1.82, 2.24) is 25.8 Å². The van der Waals surface area contributed by atoms with E-state index in [1.807, 2.05) is 81.4 Å². The third-order valence-corrected chi connectivity index (χ3v) is 10.9. The fraction of sp³-hybridized carbons (Fsp3) is 0.513. The van der Waals surface area contributed by atoms with Crippen molar-refractivity contribution in [1.29, 1.82) is 0 Å². The van der Waals surface area contributed by atoms with Crippen molar-refractivity contribution < 1.29 is 23.9 Å². The van der Waals surface area contributed by atoms with Crippen LogP contribution in [0.2, 0.25) is 0 Å². The van der Waals surface area contributed by atoms with E-state index in [-0.39, 0.29) is 36.5 Å². The fourth-order valence-corrected chi connectivity index (χ4v) is 7.64. The second-order valence-corrected chi connectivity index (χ2v) is 15.8. The lowest BCUT2D eigenvalue weighted by atomic mass is 9.93. The summed E-state index contributed by atoms with van der Waals surface area (Å²) >= 11 is 3.16. The molecular formula is C39H54N6O5S2. The molecule has 4 amide bonds. The van der Waals surface area contributed by atoms with Crippen molar-refractivity contribution in [3.8, 4) is 0 Å². The minimum atomic E-state index is -0.772. The standard InChI is InChI=1S/C39H54N6O5S2/c1-7-49-34(33(19-29-16-12-9-13-17-29)43-39(48)50-23-32-21-40-25-52-32)20-30(18-28-14-10-8-11-15-28)41-36(46)35(26(2)3)44-38(47)45(6)22-31-24-51-37(42-31)27(4)5/h8-17,21,25-27,30-31,33-35H,7,18-20,22-24H2,1-6H3,(H,41,46)(H,43,48)(H,44,47)/t30-,31?,33-,34-,35-/m0/s1. The van der Waals surface area contributed by atoms with Crippen molar-refractivity contribution in [2.24, 2.45) is 16.8 Å². The number of alkyl carbamates (subject to hydrolysis) is 1. The van der Waals surface area contributed by atoms with Crippen LogP contribution in [0, 0.1) is 11.8 Å². The Labute approximate surface area is 316 Å². The highest BCUT2D eigenvalue weighted by molar-refractivity contribution is 8.14. The van der Waals surface area contributed by atoms with Crippen LogP contribution < -0.4 is 16.0 Å². The van der Waals surface area contributed by atoms with Crippen molar-refractivity contribution in [2.75, 3.05) is 26.0 Å². The van der Waals surface area contributed by atoms with Gasteiger partial charge in [0.2, 0.25) is 5.91 Å². The Morgan fingerprint density at radius 1 is 0.942 bits per heavy atom. The summed E-state index contributed by atoms with van der Waals surface area (Å²) in [6, 6.07) is 17.9. The van der Waals surface area contributed by atoms with Crippen LogP contribution >= 0.6 is 23.1 Å². The van der Waals surface area contributed by atoms with Gasteiger partial charge < -0.3 is 30.3 Å². The molecule has 5 atom stereocenters. The van der Waals surface area contributed by atoms with Gasteiger partial charge in [-0.15, -0.1) is 23.1 Å². The van der Waals surface area contributed by atoms with E-state index in [0.29, 0.717) is 38.3 Å². The molecule has 2 aromatic carbocycles. The molecular weight excluding hydrogens is 697 g/mol. The average Bonchev–Trinajstić information content (AvgIpc) is 3.83. The van der Waals surface area contributed by atoms with Crippen LogP contribution in [0.15, 0.2) is 77.4 Å². The van der Waals surface area contributed by atoms with Crippen LogP contribution in [0.5, 0.6) is 0 Å². The van der Waals surface area contributed by atoms with Crippen LogP contribution in [0.25, 0.3) is 0 Å². The van der Waals surface area contributed by atoms with Gasteiger partial charge >= 0.3 is 12.1 Å². The first-order chi connectivity index (χ1) is 25.0. The maximum absolute atomic E-state index is 14.1. The lowest BCUT2D eigenvalue weighted by Gasteiger charge is -2.33. The number of carbonyl (C=O) groups excluding carboxylic acids is 3. The first-order valence-corrected chi connectivity index (χ1v) is 19.9. The summed E-state index contributed by atoms with van der Waals surface area (Å²) in [5, 5.41) is 10.4. The molecule has 0 spiro atoms. The summed E-state index contributed by atoms with van der Waals surface area (Å²) in [4.78, 5) is 51.9. The first-order valence-electron chi connectivity index (χ1n) is 18.0. The van der Waals surface area contributed by atoms with Crippen molar-refractivity contribution in [3.63, 3.8) is 0 Å². The lowest BCUT2D eigenvalue weighted by Crippen LogP contribution is -2.56. The number of amides is 4. The number of ether oxygens (including phenoxy) is 2. The summed E-state index contributed by atoms with van der Waals surface area (Å²) < 4.78 is 11.9. The summed E-state index contributed by atoms with van der Waals surface area (Å²) in [7, 11) is 1.74. The third kappa shape index (κ3) is 13.2. The number of thiazole rings is 1. The van der Waals surface area contributed by atoms with Gasteiger partial charge in [-0.05, 0) is 43.2 Å². The molecule has 11 nitrogen and oxygen atoms in total. The van der Waals surface area contributed by atoms with Gasteiger partial charge in [0, 0.05) is 44.1 Å². The molecule has 0 bridgehead atoms. The van der Waals surface area contributed by atoms with Crippen LogP contribution in [0.3, 0.4) is 0 Å². The van der Waals surface area contributed by atoms with E-state index in [1.54, 1.807) is 35.4 Å². The van der Waals surface area contributed by atoms with Crippen LogP contribution in [0.4, 0.5) is 9.59 Å². The largest absolute Gasteiger partial charge is 0.444 e. The number of aliphatic imine (C=N–C) groups is 1. The van der Waals surface area contributed by atoms with E-state index in [1.165, 1.54) is 11.3 Å². The zero-order valence-electron chi connectivity index (χ0n) is 31.1. The predicted molar refractivity (Wildman–Crippen MR) is 210 cm³/mol. The van der Waals surface area contributed by atoms with Gasteiger partial charge in [-0.3, -0.25) is 14.8 Å². The van der Waals surface area contributed by atoms with E-state index < -0.39 is 24.3 Å². The first kappa shape index (κ1) is 40.8. The minimum absolute atomic E-state index is 0.0256. The topological polar surface area (TPSA) is 134 Å². The van der Waals surface area contributed by atoms with E-state index in [4.69, 9.17) is 14.5 Å². The van der Waals surface area contributed by atoms with E-state index in [9.17, 15) is 14.4 Å². The number of nitrogens with one attached hydrogen (secondary N) is 3. The average molecular weight is 751 g/mol. The van der Waals surface area contributed by atoms with Crippen molar-refractivity contribution in [2.45, 2.75) is 90.8 Å². The number of rotatable bonds is 19. The van der Waals surface area contributed by atoms with Gasteiger partial charge in [-0.25, -0.2) is 9.59 Å². The Kier molecular flexibility index (Phi) is 16.4. The number of hydrogen-bond acceptors (Lipinski definition) is 9. The van der Waals surface area contributed by atoms with E-state index >= 15 is 0 Å². The minimum Gasteiger partial charge on any atom is -0.444 e. The molecule has 0 fully saturated rings. The number of thioether (sulfide) groups is 1. The van der Waals surface area contributed by atoms with E-state index in [2.05, 4.69) is 34.8 Å². The van der Waals surface area contributed by atoms with Gasteiger partial charge in [0.05, 0.1) is 33.6 Å². The molecule has 13 heteroatoms. The van der Waals surface area contributed by atoms with Crippen LogP contribution in [-0.4, -0.2) is 89.2 Å². The Bertz CT molecular complexity index is 1560. The van der Waals surface area contributed by atoms with Crippen molar-refractivity contribution >= 4 is 46.2 Å². The number of urea groups is 1. The molecule has 0 saturated heterocycles. The quantitative estimate of drug-likeness (QED) is 0.130. The number of nitrogens with zero attached hydrogens (tertiary/aromatic N) is 3. The zero-order chi connectivity index (χ0) is 37.5. The zero-order valence-corrected chi connectivity index (χ0v) is 32.8. The Balaban J connectivity index is 1.51. The molecule has 3 aromatic rings. The molecule has 0 aliphatic carbocycles. The molecule has 282 valence electrons. The molecule has 1 unspecified atom stereocenters. The van der Waals surface area contributed by atoms with Crippen LogP contribution in [-0.2, 0) is 33.7 Å². The molecule has 3 N–H and O–H groups in total. The molecule has 1 aliphatic heterocycles. The monoisotopic (exact) mass is 750 g/mol. The van der Waals surface area contributed by atoms with Gasteiger partial charge in [-0.1, -0.05) is 88.4 Å². The van der Waals surface area contributed by atoms with E-state index in [0.717, 1.165) is 26.8 Å². The van der Waals surface area contributed by atoms with Crippen molar-refractivity contribution in [3.05, 3.63) is 88.4 Å². The van der Waals surface area contributed by atoms with Gasteiger partial charge in [0.25, 0.3) is 0 Å². The maximum Gasteiger partial charge on any atom is 0.407 e. The normalized spacial score (nSPS) is 16.5. The number of likely N-dealkylation sites (N-methyl/N-ethyl adjacent to an activating group) is 1. The summed E-state index contributed by atoms with van der Waals surface area (Å²) in [6.45, 7) is 11.0. The summed E-state index contributed by atoms with van der Waals surface area (Å²) in [5.41, 5.74) is 3.76. The Morgan fingerprint density at radius 2 is 1.62 bits per heavy atom. The fourth-order valence-electron chi connectivity index (χ4n) is 6.03. The van der Waals surface area contributed by atoms with Gasteiger partial charge in [0.1, 0.15) is 12.6 Å². The summed E-state index contributed by atoms with van der Waals surface area (Å²) in [6.07, 6.45) is 2.06. The molecule has 0 saturated carbocycles. The highest BCUT2D eigenvalue weighted by Crippen LogP contribution is 2.24. The second-order valence-electron chi connectivity index (χ2n) is 13.7. The molecule has 2 heterocycles. The molecule has 4 rings (SSSR count). The third-order valence-electron chi connectivity index (χ3n) is 8.74. The Morgan fingerprint density at radius 3 is 2.19 bits per heavy atom. The maximum atomic E-state index is 14.1. The predicted octanol–water partition coefficient (Wildman–Crippen LogP) is 6.34. The highest BCUT2D eigenvalue weighted by Gasteiger charge is 2.32. The number of hydrogen-bond donors (Lipinski definition) is 3. The SMILES string of the molecule is CCO[C@@H](C[C@H](Cc1ccccc1)NC(=O)[C@@H](NC(=O)N(C)CC1CSC(C(C)C)=N1)C(C)C)[C@H](Cc1ccccc1)NC(=O)OCc1cncs1. The number of aromatic nitrogens is 1. The van der Waals surface area contributed by atoms with Crippen LogP contribution in [0.1, 0.15) is 57.0 Å². The number of carbonyl (C=O) groups is 3. The molecule has 1 aliphatic rings. The lowest BCUT2D eigenvalue weighted by molar-refractivity contribution is -0.125. The molecule has 0 radical (unpaired) electrons. The smallest absolute Gasteiger partial charge is 0.407 e. The highest BCUT2D eigenvalue weighted by atomic mass is 32.2. The summed E-state index contributed by atoms with van der Waals surface area (Å²) in [5.74, 6) is 0.749. The second kappa shape index (κ2) is 20.9. The van der Waals surface area contributed by atoms with Gasteiger partial charge in [0.15, 0.2) is 0 Å². The molecule has 1 aromatic heterocycles. The van der Waals surface area contributed by atoms with Gasteiger partial charge in [-0.2, -0.15) is 0 Å².